The van der Waals surface area contributed by atoms with Crippen LogP contribution >= 0.6 is 11.3 Å². The summed E-state index contributed by atoms with van der Waals surface area (Å²) in [5.74, 6) is 0.954. The number of fused-ring (bicyclic) bond motifs is 2. The molecule has 0 N–H and O–H groups in total. The molecule has 0 fully saturated rings. The lowest BCUT2D eigenvalue weighted by atomic mass is 9.95. The molecule has 0 bridgehead atoms. The first-order chi connectivity index (χ1) is 20.8. The third-order valence-electron chi connectivity index (χ3n) is 7.91. The topological polar surface area (TPSA) is 17.8 Å². The van der Waals surface area contributed by atoms with Crippen LogP contribution in [0.3, 0.4) is 0 Å². The van der Waals surface area contributed by atoms with E-state index in [-0.39, 0.29) is 0 Å². The van der Waals surface area contributed by atoms with Crippen LogP contribution in [-0.2, 0) is 0 Å². The first kappa shape index (κ1) is 24.5. The van der Waals surface area contributed by atoms with E-state index in [1.165, 1.54) is 43.5 Å². The molecule has 0 spiro atoms. The SMILES string of the molecule is c1ccc(-c2ccc3c(-c4nc5ccccc5n4-c4c(-c5ccccc5)cccc4-c4ccccc4)csc3c2)cc1. The van der Waals surface area contributed by atoms with Crippen LogP contribution in [0.15, 0.2) is 157 Å². The zero-order chi connectivity index (χ0) is 27.9. The standard InChI is InChI=1S/C39H26N2S/c1-4-13-27(14-5-1)30-23-24-33-34(26-42-37(33)25-30)39-40-35-21-10-11-22-36(35)41(39)38-31(28-15-6-2-7-16-28)19-12-20-32(38)29-17-8-3-9-18-29/h1-26H. The number of benzene rings is 6. The Hall–Kier alpha value is -5.25. The fourth-order valence-electron chi connectivity index (χ4n) is 5.93. The van der Waals surface area contributed by atoms with Crippen LogP contribution in [0.2, 0.25) is 0 Å². The Kier molecular flexibility index (Phi) is 6.02. The van der Waals surface area contributed by atoms with Gasteiger partial charge in [-0.2, -0.15) is 0 Å². The summed E-state index contributed by atoms with van der Waals surface area (Å²) >= 11 is 1.78. The summed E-state index contributed by atoms with van der Waals surface area (Å²) in [5, 5.41) is 3.49. The van der Waals surface area contributed by atoms with Crippen molar-refractivity contribution in [1.82, 2.24) is 9.55 Å². The minimum Gasteiger partial charge on any atom is -0.291 e. The zero-order valence-corrected chi connectivity index (χ0v) is 23.6. The molecule has 8 aromatic rings. The molecule has 0 unspecified atom stereocenters. The maximum atomic E-state index is 5.30. The fourth-order valence-corrected chi connectivity index (χ4v) is 6.91. The molecule has 0 saturated heterocycles. The van der Waals surface area contributed by atoms with E-state index in [1.54, 1.807) is 11.3 Å². The second-order valence-corrected chi connectivity index (χ2v) is 11.3. The van der Waals surface area contributed by atoms with Crippen molar-refractivity contribution < 1.29 is 0 Å². The van der Waals surface area contributed by atoms with Gasteiger partial charge in [-0.15, -0.1) is 11.3 Å². The van der Waals surface area contributed by atoms with E-state index >= 15 is 0 Å². The summed E-state index contributed by atoms with van der Waals surface area (Å²) < 4.78 is 3.64. The third kappa shape index (κ3) is 4.14. The molecule has 8 rings (SSSR count). The predicted octanol–water partition coefficient (Wildman–Crippen LogP) is 10.9. The molecule has 2 heterocycles. The van der Waals surface area contributed by atoms with Crippen LogP contribution in [0.1, 0.15) is 0 Å². The molecule has 0 atom stereocenters. The maximum absolute atomic E-state index is 5.30. The number of aromatic nitrogens is 2. The molecule has 6 aromatic carbocycles. The molecule has 0 aliphatic rings. The van der Waals surface area contributed by atoms with Gasteiger partial charge >= 0.3 is 0 Å². The number of thiophene rings is 1. The van der Waals surface area contributed by atoms with Crippen LogP contribution in [0.4, 0.5) is 0 Å². The van der Waals surface area contributed by atoms with E-state index in [1.807, 2.05) is 0 Å². The average Bonchev–Trinajstić information content (AvgIpc) is 3.66. The Morgan fingerprint density at radius 1 is 0.476 bits per heavy atom. The van der Waals surface area contributed by atoms with Gasteiger partial charge in [0.15, 0.2) is 0 Å². The van der Waals surface area contributed by atoms with Gasteiger partial charge in [-0.05, 0) is 40.5 Å². The van der Waals surface area contributed by atoms with Crippen molar-refractivity contribution in [2.75, 3.05) is 0 Å². The summed E-state index contributed by atoms with van der Waals surface area (Å²) in [7, 11) is 0. The van der Waals surface area contributed by atoms with Gasteiger partial charge in [-0.25, -0.2) is 4.98 Å². The maximum Gasteiger partial charge on any atom is 0.147 e. The zero-order valence-electron chi connectivity index (χ0n) is 22.8. The highest BCUT2D eigenvalue weighted by atomic mass is 32.1. The lowest BCUT2D eigenvalue weighted by Crippen LogP contribution is -2.03. The second kappa shape index (κ2) is 10.3. The Morgan fingerprint density at radius 2 is 1.07 bits per heavy atom. The highest BCUT2D eigenvalue weighted by Crippen LogP contribution is 2.43. The van der Waals surface area contributed by atoms with Crippen LogP contribution in [0.25, 0.3) is 71.6 Å². The van der Waals surface area contributed by atoms with Crippen molar-refractivity contribution in [2.45, 2.75) is 0 Å². The summed E-state index contributed by atoms with van der Waals surface area (Å²) in [5.41, 5.74) is 11.5. The van der Waals surface area contributed by atoms with Gasteiger partial charge in [0.25, 0.3) is 0 Å². The molecule has 0 aliphatic carbocycles. The molecule has 0 amide bonds. The minimum absolute atomic E-state index is 0.954. The van der Waals surface area contributed by atoms with E-state index in [9.17, 15) is 0 Å². The van der Waals surface area contributed by atoms with E-state index in [2.05, 4.69) is 162 Å². The minimum atomic E-state index is 0.954. The van der Waals surface area contributed by atoms with Crippen molar-refractivity contribution >= 4 is 32.5 Å². The van der Waals surface area contributed by atoms with Crippen molar-refractivity contribution in [3.05, 3.63) is 157 Å². The second-order valence-electron chi connectivity index (χ2n) is 10.4. The number of hydrogen-bond acceptors (Lipinski definition) is 2. The van der Waals surface area contributed by atoms with E-state index in [0.29, 0.717) is 0 Å². The smallest absolute Gasteiger partial charge is 0.147 e. The normalized spacial score (nSPS) is 11.3. The Labute approximate surface area is 248 Å². The summed E-state index contributed by atoms with van der Waals surface area (Å²) in [4.78, 5) is 5.30. The highest BCUT2D eigenvalue weighted by Gasteiger charge is 2.22. The van der Waals surface area contributed by atoms with E-state index in [4.69, 9.17) is 4.98 Å². The molecule has 0 saturated carbocycles. The monoisotopic (exact) mass is 554 g/mol. The lowest BCUT2D eigenvalue weighted by Gasteiger charge is -2.19. The molecular formula is C39H26N2S. The van der Waals surface area contributed by atoms with Gasteiger partial charge in [0.05, 0.1) is 16.7 Å². The molecular weight excluding hydrogens is 529 g/mol. The first-order valence-electron chi connectivity index (χ1n) is 14.1. The fraction of sp³-hybridized carbons (Fsp3) is 0. The Balaban J connectivity index is 1.43. The first-order valence-corrected chi connectivity index (χ1v) is 15.0. The molecule has 0 radical (unpaired) electrons. The lowest BCUT2D eigenvalue weighted by molar-refractivity contribution is 1.11. The highest BCUT2D eigenvalue weighted by molar-refractivity contribution is 7.17. The molecule has 198 valence electrons. The summed E-state index contributed by atoms with van der Waals surface area (Å²) in [6.45, 7) is 0. The van der Waals surface area contributed by atoms with Crippen molar-refractivity contribution in [1.29, 1.82) is 0 Å². The number of rotatable bonds is 5. The van der Waals surface area contributed by atoms with Crippen LogP contribution in [0.5, 0.6) is 0 Å². The van der Waals surface area contributed by atoms with Crippen LogP contribution in [0, 0.1) is 0 Å². The van der Waals surface area contributed by atoms with Gasteiger partial charge in [-0.1, -0.05) is 133 Å². The quantitative estimate of drug-likeness (QED) is 0.207. The molecule has 2 aromatic heterocycles. The molecule has 3 heteroatoms. The number of imidazole rings is 1. The largest absolute Gasteiger partial charge is 0.291 e. The average molecular weight is 555 g/mol. The van der Waals surface area contributed by atoms with E-state index < -0.39 is 0 Å². The van der Waals surface area contributed by atoms with Gasteiger partial charge in [0.1, 0.15) is 5.82 Å². The summed E-state index contributed by atoms with van der Waals surface area (Å²) in [6, 6.07) is 53.8. The van der Waals surface area contributed by atoms with Crippen molar-refractivity contribution in [3.63, 3.8) is 0 Å². The van der Waals surface area contributed by atoms with Crippen molar-refractivity contribution in [2.24, 2.45) is 0 Å². The van der Waals surface area contributed by atoms with Gasteiger partial charge in [0, 0.05) is 32.2 Å². The van der Waals surface area contributed by atoms with Crippen molar-refractivity contribution in [3.8, 4) is 50.5 Å². The van der Waals surface area contributed by atoms with Gasteiger partial charge in [-0.3, -0.25) is 4.57 Å². The predicted molar refractivity (Wildman–Crippen MR) is 178 cm³/mol. The molecule has 2 nitrogen and oxygen atoms in total. The summed E-state index contributed by atoms with van der Waals surface area (Å²) in [6.07, 6.45) is 0. The van der Waals surface area contributed by atoms with Crippen LogP contribution < -0.4 is 0 Å². The van der Waals surface area contributed by atoms with E-state index in [0.717, 1.165) is 28.1 Å². The molecule has 42 heavy (non-hydrogen) atoms. The third-order valence-corrected chi connectivity index (χ3v) is 8.86. The Morgan fingerprint density at radius 3 is 1.74 bits per heavy atom. The van der Waals surface area contributed by atoms with Gasteiger partial charge in [0.2, 0.25) is 0 Å². The van der Waals surface area contributed by atoms with Crippen LogP contribution in [-0.4, -0.2) is 9.55 Å². The number of hydrogen-bond donors (Lipinski definition) is 0. The van der Waals surface area contributed by atoms with Gasteiger partial charge < -0.3 is 0 Å². The molecule has 0 aliphatic heterocycles. The number of para-hydroxylation sites is 3. The number of nitrogens with zero attached hydrogens (tertiary/aromatic N) is 2. The Bertz CT molecular complexity index is 2120.